The van der Waals surface area contributed by atoms with Crippen LogP contribution in [0.4, 0.5) is 5.69 Å². The average Bonchev–Trinajstić information content (AvgIpc) is 3.09. The lowest BCUT2D eigenvalue weighted by Crippen LogP contribution is -2.13. The molecule has 4 rings (SSSR count). The summed E-state index contributed by atoms with van der Waals surface area (Å²) in [4.78, 5) is 22.0. The normalized spacial score (nSPS) is 11.8. The molecule has 0 unspecified atom stereocenters. The maximum atomic E-state index is 12.8. The molecule has 2 heterocycles. The lowest BCUT2D eigenvalue weighted by molar-refractivity contribution is -0.385. The molecule has 4 aromatic rings. The van der Waals surface area contributed by atoms with E-state index in [0.717, 1.165) is 12.3 Å². The topological polar surface area (TPSA) is 125 Å². The first-order chi connectivity index (χ1) is 12.4. The molecule has 0 amide bonds. The van der Waals surface area contributed by atoms with E-state index in [-0.39, 0.29) is 27.1 Å². The summed E-state index contributed by atoms with van der Waals surface area (Å²) in [5.74, 6) is 0. The number of para-hydroxylation sites is 1. The Morgan fingerprint density at radius 2 is 1.85 bits per heavy atom. The number of benzene rings is 2. The summed E-state index contributed by atoms with van der Waals surface area (Å²) in [6.07, 6.45) is 1.04. The molecule has 0 atom stereocenters. The molecular formula is C16H9N3O6S. The third-order valence-electron chi connectivity index (χ3n) is 3.83. The van der Waals surface area contributed by atoms with Crippen molar-refractivity contribution in [2.45, 2.75) is 4.90 Å². The molecule has 2 aromatic heterocycles. The van der Waals surface area contributed by atoms with Gasteiger partial charge in [-0.3, -0.25) is 10.1 Å². The number of rotatable bonds is 3. The number of nitro groups is 1. The molecule has 0 saturated heterocycles. The molecular weight excluding hydrogens is 362 g/mol. The smallest absolute Gasteiger partial charge is 0.347 e. The zero-order valence-corrected chi connectivity index (χ0v) is 13.7. The standard InChI is InChI=1S/C16H9N3O6S/c20-16-13-9-18(17-15(13)12-6-1-2-7-14(12)25-16)26(23,24)11-5-3-4-10(8-11)19(21)22/h1-9H. The minimum atomic E-state index is -4.22. The van der Waals surface area contributed by atoms with Gasteiger partial charge in [0.2, 0.25) is 0 Å². The Bertz CT molecular complexity index is 1350. The summed E-state index contributed by atoms with van der Waals surface area (Å²) < 4.78 is 31.3. The van der Waals surface area contributed by atoms with Crippen LogP contribution in [-0.2, 0) is 10.0 Å². The molecule has 2 aromatic carbocycles. The van der Waals surface area contributed by atoms with E-state index in [9.17, 15) is 23.3 Å². The van der Waals surface area contributed by atoms with Crippen LogP contribution in [-0.4, -0.2) is 22.5 Å². The fourth-order valence-corrected chi connectivity index (χ4v) is 3.77. The largest absolute Gasteiger partial charge is 0.422 e. The molecule has 0 aliphatic carbocycles. The summed E-state index contributed by atoms with van der Waals surface area (Å²) in [7, 11) is -4.22. The molecule has 0 N–H and O–H groups in total. The third kappa shape index (κ3) is 2.35. The number of non-ortho nitro benzene ring substituents is 1. The van der Waals surface area contributed by atoms with Crippen molar-refractivity contribution in [3.63, 3.8) is 0 Å². The molecule has 26 heavy (non-hydrogen) atoms. The quantitative estimate of drug-likeness (QED) is 0.307. The fraction of sp³-hybridized carbons (Fsp3) is 0. The lowest BCUT2D eigenvalue weighted by atomic mass is 10.2. The van der Waals surface area contributed by atoms with E-state index in [0.29, 0.717) is 9.47 Å². The minimum absolute atomic E-state index is 0.00212. The molecule has 0 radical (unpaired) electrons. The molecule has 0 aliphatic heterocycles. The predicted molar refractivity (Wildman–Crippen MR) is 91.5 cm³/mol. The Balaban J connectivity index is 1.98. The minimum Gasteiger partial charge on any atom is -0.422 e. The Kier molecular flexibility index (Phi) is 3.37. The highest BCUT2D eigenvalue weighted by atomic mass is 32.2. The molecule has 0 aliphatic rings. The maximum Gasteiger partial charge on any atom is 0.347 e. The highest BCUT2D eigenvalue weighted by molar-refractivity contribution is 7.89. The number of nitrogens with zero attached hydrogens (tertiary/aromatic N) is 3. The molecule has 130 valence electrons. The SMILES string of the molecule is O=c1oc2ccccc2c2nn(S(=O)(=O)c3cccc([N+](=O)[O-])c3)cc12. The Hall–Kier alpha value is -3.53. The second-order valence-corrected chi connectivity index (χ2v) is 7.20. The van der Waals surface area contributed by atoms with Crippen LogP contribution in [0.2, 0.25) is 0 Å². The molecule has 0 saturated carbocycles. The Morgan fingerprint density at radius 3 is 2.62 bits per heavy atom. The van der Waals surface area contributed by atoms with Gasteiger partial charge >= 0.3 is 5.63 Å². The highest BCUT2D eigenvalue weighted by Gasteiger charge is 2.23. The molecule has 0 fully saturated rings. The van der Waals surface area contributed by atoms with Gasteiger partial charge in [0.15, 0.2) is 0 Å². The van der Waals surface area contributed by atoms with Crippen LogP contribution in [0.5, 0.6) is 0 Å². The molecule has 9 nitrogen and oxygen atoms in total. The summed E-state index contributed by atoms with van der Waals surface area (Å²) >= 11 is 0. The Morgan fingerprint density at radius 1 is 1.08 bits per heavy atom. The van der Waals surface area contributed by atoms with E-state index >= 15 is 0 Å². The first kappa shape index (κ1) is 16.0. The van der Waals surface area contributed by atoms with Gasteiger partial charge in [-0.15, -0.1) is 0 Å². The van der Waals surface area contributed by atoms with Crippen molar-refractivity contribution in [1.29, 1.82) is 0 Å². The molecule has 0 spiro atoms. The summed E-state index contributed by atoms with van der Waals surface area (Å²) in [6.45, 7) is 0. The lowest BCUT2D eigenvalue weighted by Gasteiger charge is -2.03. The molecule has 0 bridgehead atoms. The van der Waals surface area contributed by atoms with Gasteiger partial charge in [0.1, 0.15) is 16.5 Å². The van der Waals surface area contributed by atoms with Crippen LogP contribution in [0, 0.1) is 10.1 Å². The monoisotopic (exact) mass is 371 g/mol. The van der Waals surface area contributed by atoms with Gasteiger partial charge in [0, 0.05) is 17.5 Å². The molecule has 10 heteroatoms. The van der Waals surface area contributed by atoms with Crippen molar-refractivity contribution >= 4 is 37.6 Å². The van der Waals surface area contributed by atoms with Crippen molar-refractivity contribution in [1.82, 2.24) is 9.19 Å². The first-order valence-corrected chi connectivity index (χ1v) is 8.73. The first-order valence-electron chi connectivity index (χ1n) is 7.29. The number of hydrogen-bond donors (Lipinski definition) is 0. The van der Waals surface area contributed by atoms with E-state index in [1.54, 1.807) is 24.3 Å². The van der Waals surface area contributed by atoms with Crippen molar-refractivity contribution in [3.05, 3.63) is 75.3 Å². The summed E-state index contributed by atoms with van der Waals surface area (Å²) in [5, 5.41) is 15.4. The van der Waals surface area contributed by atoms with Gasteiger partial charge in [-0.1, -0.05) is 18.2 Å². The van der Waals surface area contributed by atoms with Gasteiger partial charge in [0.25, 0.3) is 15.7 Å². The third-order valence-corrected chi connectivity index (χ3v) is 5.36. The van der Waals surface area contributed by atoms with Gasteiger partial charge < -0.3 is 4.42 Å². The van der Waals surface area contributed by atoms with Gasteiger partial charge in [-0.2, -0.15) is 17.6 Å². The summed E-state index contributed by atoms with van der Waals surface area (Å²) in [6, 6.07) is 11.2. The van der Waals surface area contributed by atoms with Crippen LogP contribution in [0.25, 0.3) is 21.9 Å². The van der Waals surface area contributed by atoms with Crippen molar-refractivity contribution < 1.29 is 17.8 Å². The van der Waals surface area contributed by atoms with Gasteiger partial charge in [-0.05, 0) is 18.2 Å². The zero-order chi connectivity index (χ0) is 18.5. The number of fused-ring (bicyclic) bond motifs is 3. The number of nitro benzene ring substituents is 1. The number of aromatic nitrogens is 2. The second-order valence-electron chi connectivity index (χ2n) is 5.41. The van der Waals surface area contributed by atoms with E-state index in [4.69, 9.17) is 4.42 Å². The predicted octanol–water partition coefficient (Wildman–Crippen LogP) is 2.29. The summed E-state index contributed by atoms with van der Waals surface area (Å²) in [5.41, 5.74) is -0.638. The van der Waals surface area contributed by atoms with Crippen LogP contribution in [0.15, 0.2) is 68.8 Å². The zero-order valence-electron chi connectivity index (χ0n) is 12.9. The van der Waals surface area contributed by atoms with E-state index in [1.165, 1.54) is 18.2 Å². The second kappa shape index (κ2) is 5.49. The highest BCUT2D eigenvalue weighted by Crippen LogP contribution is 2.24. The van der Waals surface area contributed by atoms with E-state index in [1.807, 2.05) is 0 Å². The fourth-order valence-electron chi connectivity index (χ4n) is 2.60. The van der Waals surface area contributed by atoms with Crippen LogP contribution < -0.4 is 5.63 Å². The maximum absolute atomic E-state index is 12.8. The van der Waals surface area contributed by atoms with Crippen LogP contribution >= 0.6 is 0 Å². The average molecular weight is 371 g/mol. The van der Waals surface area contributed by atoms with Crippen molar-refractivity contribution in [3.8, 4) is 0 Å². The number of hydrogen-bond acceptors (Lipinski definition) is 7. The van der Waals surface area contributed by atoms with Gasteiger partial charge in [0.05, 0.1) is 16.0 Å². The van der Waals surface area contributed by atoms with Crippen LogP contribution in [0.1, 0.15) is 0 Å². The van der Waals surface area contributed by atoms with Crippen LogP contribution in [0.3, 0.4) is 0 Å². The van der Waals surface area contributed by atoms with Crippen molar-refractivity contribution in [2.24, 2.45) is 0 Å². The van der Waals surface area contributed by atoms with Crippen molar-refractivity contribution in [2.75, 3.05) is 0 Å². The van der Waals surface area contributed by atoms with E-state index < -0.39 is 20.6 Å². The van der Waals surface area contributed by atoms with Gasteiger partial charge in [-0.25, -0.2) is 4.79 Å². The Labute approximate surface area is 145 Å². The van der Waals surface area contributed by atoms with E-state index in [2.05, 4.69) is 5.10 Å².